The van der Waals surface area contributed by atoms with Crippen molar-refractivity contribution >= 4 is 11.9 Å². The highest BCUT2D eigenvalue weighted by Gasteiger charge is 2.10. The fourth-order valence-corrected chi connectivity index (χ4v) is 1.11. The topological polar surface area (TPSA) is 52.6 Å². The van der Waals surface area contributed by atoms with Crippen LogP contribution in [-0.4, -0.2) is 25.7 Å². The second kappa shape index (κ2) is 8.56. The van der Waals surface area contributed by atoms with Crippen LogP contribution >= 0.6 is 0 Å². The normalized spacial score (nSPS) is 13.5. The van der Waals surface area contributed by atoms with Gasteiger partial charge in [-0.05, 0) is 20.3 Å². The van der Waals surface area contributed by atoms with Crippen LogP contribution in [0.4, 0.5) is 0 Å². The van der Waals surface area contributed by atoms with Crippen molar-refractivity contribution in [2.75, 3.05) is 13.7 Å². The molecule has 0 aliphatic heterocycles. The number of ether oxygens (including phenoxy) is 2. The van der Waals surface area contributed by atoms with Crippen molar-refractivity contribution in [3.63, 3.8) is 0 Å². The number of carbonyl (C=O) groups is 2. The van der Waals surface area contributed by atoms with Crippen molar-refractivity contribution in [3.05, 3.63) is 23.8 Å². The van der Waals surface area contributed by atoms with E-state index in [0.29, 0.717) is 18.6 Å². The number of methoxy groups -OCH3 is 1. The molecule has 0 saturated heterocycles. The molecular weight excluding hydrogens is 220 g/mol. The first-order valence-corrected chi connectivity index (χ1v) is 5.61. The fraction of sp³-hybridized carbons (Fsp3) is 0.538. The molecule has 0 aliphatic carbocycles. The molecule has 0 aromatic heterocycles. The Kier molecular flexibility index (Phi) is 7.76. The van der Waals surface area contributed by atoms with Crippen LogP contribution in [0.5, 0.6) is 0 Å². The maximum atomic E-state index is 11.2. The van der Waals surface area contributed by atoms with Gasteiger partial charge in [0.1, 0.15) is 0 Å². The van der Waals surface area contributed by atoms with Crippen molar-refractivity contribution < 1.29 is 19.1 Å². The summed E-state index contributed by atoms with van der Waals surface area (Å²) in [5, 5.41) is 0. The van der Waals surface area contributed by atoms with E-state index in [1.807, 2.05) is 6.08 Å². The highest BCUT2D eigenvalue weighted by molar-refractivity contribution is 5.88. The van der Waals surface area contributed by atoms with Crippen LogP contribution in [0.1, 0.15) is 27.2 Å². The quantitative estimate of drug-likeness (QED) is 0.406. The minimum Gasteiger partial charge on any atom is -0.469 e. The zero-order valence-corrected chi connectivity index (χ0v) is 10.9. The van der Waals surface area contributed by atoms with E-state index in [9.17, 15) is 9.59 Å². The summed E-state index contributed by atoms with van der Waals surface area (Å²) in [6.45, 7) is 5.61. The van der Waals surface area contributed by atoms with Crippen LogP contribution in [-0.2, 0) is 19.1 Å². The summed E-state index contributed by atoms with van der Waals surface area (Å²) in [5.41, 5.74) is 0.536. The summed E-state index contributed by atoms with van der Waals surface area (Å²) in [5.74, 6) is -0.730. The van der Waals surface area contributed by atoms with Gasteiger partial charge in [-0.25, -0.2) is 4.79 Å². The van der Waals surface area contributed by atoms with E-state index >= 15 is 0 Å². The molecule has 0 spiro atoms. The van der Waals surface area contributed by atoms with Gasteiger partial charge in [-0.2, -0.15) is 0 Å². The van der Waals surface area contributed by atoms with Crippen LogP contribution in [0.3, 0.4) is 0 Å². The van der Waals surface area contributed by atoms with Gasteiger partial charge in [0, 0.05) is 5.57 Å². The molecule has 0 radical (unpaired) electrons. The zero-order chi connectivity index (χ0) is 13.3. The van der Waals surface area contributed by atoms with Crippen molar-refractivity contribution in [2.45, 2.75) is 27.2 Å². The fourth-order valence-electron chi connectivity index (χ4n) is 1.11. The van der Waals surface area contributed by atoms with Crippen LogP contribution in [0.2, 0.25) is 0 Å². The van der Waals surface area contributed by atoms with Gasteiger partial charge in [0.15, 0.2) is 0 Å². The highest BCUT2D eigenvalue weighted by atomic mass is 16.5. The number of allylic oxidation sites excluding steroid dienone is 3. The molecule has 4 heteroatoms. The Labute approximate surface area is 102 Å². The van der Waals surface area contributed by atoms with Gasteiger partial charge < -0.3 is 9.47 Å². The molecule has 4 nitrogen and oxygen atoms in total. The van der Waals surface area contributed by atoms with Gasteiger partial charge in [0.25, 0.3) is 0 Å². The molecule has 0 saturated carbocycles. The molecule has 0 aromatic carbocycles. The van der Waals surface area contributed by atoms with E-state index in [1.54, 1.807) is 32.9 Å². The number of hydrogen-bond acceptors (Lipinski definition) is 4. The Morgan fingerprint density at radius 1 is 1.35 bits per heavy atom. The van der Waals surface area contributed by atoms with Crippen molar-refractivity contribution in [2.24, 2.45) is 5.92 Å². The lowest BCUT2D eigenvalue weighted by Gasteiger charge is -2.04. The van der Waals surface area contributed by atoms with E-state index < -0.39 is 0 Å². The van der Waals surface area contributed by atoms with E-state index in [2.05, 4.69) is 4.74 Å². The van der Waals surface area contributed by atoms with E-state index in [1.165, 1.54) is 7.11 Å². The summed E-state index contributed by atoms with van der Waals surface area (Å²) in [4.78, 5) is 22.3. The standard InChI is InChI=1S/C13H20O4/c1-5-17-13(15)11(3)9-7-6-8-10(2)12(14)16-4/h6-7,9-10H,5,8H2,1-4H3/b7-6+,11-9+. The first kappa shape index (κ1) is 15.4. The minimum atomic E-state index is -0.321. The Hall–Kier alpha value is -1.58. The molecular formula is C13H20O4. The third-order valence-electron chi connectivity index (χ3n) is 2.17. The third-order valence-corrected chi connectivity index (χ3v) is 2.17. The second-order valence-electron chi connectivity index (χ2n) is 3.66. The predicted molar refractivity (Wildman–Crippen MR) is 65.3 cm³/mol. The Balaban J connectivity index is 4.14. The molecule has 0 amide bonds. The van der Waals surface area contributed by atoms with Crippen molar-refractivity contribution in [1.29, 1.82) is 0 Å². The predicted octanol–water partition coefficient (Wildman–Crippen LogP) is 2.25. The lowest BCUT2D eigenvalue weighted by Crippen LogP contribution is -2.11. The highest BCUT2D eigenvalue weighted by Crippen LogP contribution is 2.05. The Morgan fingerprint density at radius 2 is 2.00 bits per heavy atom. The Bertz CT molecular complexity index is 315. The third kappa shape index (κ3) is 6.56. The van der Waals surface area contributed by atoms with E-state index in [4.69, 9.17) is 4.74 Å². The zero-order valence-electron chi connectivity index (χ0n) is 10.9. The van der Waals surface area contributed by atoms with Crippen LogP contribution in [0.15, 0.2) is 23.8 Å². The monoisotopic (exact) mass is 240 g/mol. The first-order chi connectivity index (χ1) is 8.02. The molecule has 17 heavy (non-hydrogen) atoms. The molecule has 0 heterocycles. The second-order valence-corrected chi connectivity index (χ2v) is 3.66. The maximum absolute atomic E-state index is 11.2. The van der Waals surface area contributed by atoms with Gasteiger partial charge in [-0.3, -0.25) is 4.79 Å². The lowest BCUT2D eigenvalue weighted by molar-refractivity contribution is -0.144. The number of rotatable bonds is 6. The molecule has 1 unspecified atom stereocenters. The maximum Gasteiger partial charge on any atom is 0.333 e. The average Bonchev–Trinajstić information content (AvgIpc) is 2.33. The Morgan fingerprint density at radius 3 is 2.53 bits per heavy atom. The summed E-state index contributed by atoms with van der Waals surface area (Å²) in [6.07, 6.45) is 5.82. The first-order valence-electron chi connectivity index (χ1n) is 5.61. The smallest absolute Gasteiger partial charge is 0.333 e. The molecule has 0 N–H and O–H groups in total. The van der Waals surface area contributed by atoms with Crippen LogP contribution in [0.25, 0.3) is 0 Å². The van der Waals surface area contributed by atoms with Crippen LogP contribution < -0.4 is 0 Å². The van der Waals surface area contributed by atoms with Crippen LogP contribution in [0, 0.1) is 5.92 Å². The SMILES string of the molecule is CCOC(=O)/C(C)=C/C=C/CC(C)C(=O)OC. The van der Waals surface area contributed by atoms with Gasteiger partial charge in [-0.1, -0.05) is 25.2 Å². The van der Waals surface area contributed by atoms with E-state index in [0.717, 1.165) is 0 Å². The molecule has 96 valence electrons. The molecule has 0 aromatic rings. The molecule has 0 rings (SSSR count). The minimum absolute atomic E-state index is 0.174. The molecule has 1 atom stereocenters. The number of hydrogen-bond donors (Lipinski definition) is 0. The van der Waals surface area contributed by atoms with Crippen molar-refractivity contribution in [1.82, 2.24) is 0 Å². The van der Waals surface area contributed by atoms with Gasteiger partial charge in [0.05, 0.1) is 19.6 Å². The average molecular weight is 240 g/mol. The van der Waals surface area contributed by atoms with Crippen molar-refractivity contribution in [3.8, 4) is 0 Å². The molecule has 0 fully saturated rings. The molecule has 0 aliphatic rings. The summed E-state index contributed by atoms with van der Waals surface area (Å²) in [6, 6.07) is 0. The summed E-state index contributed by atoms with van der Waals surface area (Å²) < 4.78 is 9.42. The summed E-state index contributed by atoms with van der Waals surface area (Å²) in [7, 11) is 1.37. The lowest BCUT2D eigenvalue weighted by atomic mass is 10.1. The van der Waals surface area contributed by atoms with Gasteiger partial charge in [0.2, 0.25) is 0 Å². The van der Waals surface area contributed by atoms with E-state index in [-0.39, 0.29) is 17.9 Å². The largest absolute Gasteiger partial charge is 0.469 e. The number of esters is 2. The number of carbonyl (C=O) groups excluding carboxylic acids is 2. The summed E-state index contributed by atoms with van der Waals surface area (Å²) >= 11 is 0. The van der Waals surface area contributed by atoms with Gasteiger partial charge >= 0.3 is 11.9 Å². The molecule has 0 bridgehead atoms. The van der Waals surface area contributed by atoms with Gasteiger partial charge in [-0.15, -0.1) is 0 Å².